The number of ether oxygens (including phenoxy) is 2. The van der Waals surface area contributed by atoms with Gasteiger partial charge in [0, 0.05) is 18.0 Å². The van der Waals surface area contributed by atoms with E-state index in [1.807, 2.05) is 54.6 Å². The van der Waals surface area contributed by atoms with Gasteiger partial charge in [0.2, 0.25) is 0 Å². The molecule has 35 heavy (non-hydrogen) atoms. The maximum Gasteiger partial charge on any atom is 0.414 e. The molecule has 0 saturated heterocycles. The van der Waals surface area contributed by atoms with Gasteiger partial charge in [-0.2, -0.15) is 0 Å². The van der Waals surface area contributed by atoms with Crippen LogP contribution < -0.4 is 4.90 Å². The molecule has 0 aromatic heterocycles. The quantitative estimate of drug-likeness (QED) is 0.619. The highest BCUT2D eigenvalue weighted by atomic mass is 16.6. The Kier molecular flexibility index (Phi) is 6.36. The summed E-state index contributed by atoms with van der Waals surface area (Å²) in [5.74, 6) is -1.16. The average molecular weight is 479 g/mol. The molecule has 2 aliphatic carbocycles. The van der Waals surface area contributed by atoms with Crippen LogP contribution in [0, 0.1) is 5.92 Å². The lowest BCUT2D eigenvalue weighted by Crippen LogP contribution is -2.53. The summed E-state index contributed by atoms with van der Waals surface area (Å²) in [6, 6.07) is 16.9. The summed E-state index contributed by atoms with van der Waals surface area (Å²) < 4.78 is 11.1. The van der Waals surface area contributed by atoms with Gasteiger partial charge in [-0.25, -0.2) is 14.4 Å². The number of benzene rings is 2. The third-order valence-corrected chi connectivity index (χ3v) is 7.26. The Bertz CT molecular complexity index is 1100. The molecule has 0 radical (unpaired) electrons. The van der Waals surface area contributed by atoms with E-state index >= 15 is 0 Å². The summed E-state index contributed by atoms with van der Waals surface area (Å²) >= 11 is 0. The predicted molar refractivity (Wildman–Crippen MR) is 128 cm³/mol. The number of carbonyl (C=O) groups excluding carboxylic acids is 2. The Balaban J connectivity index is 1.46. The van der Waals surface area contributed by atoms with E-state index in [4.69, 9.17) is 9.47 Å². The summed E-state index contributed by atoms with van der Waals surface area (Å²) in [6.45, 7) is 1.55. The minimum absolute atomic E-state index is 0.0133. The molecule has 3 aliphatic rings. The molecule has 2 amide bonds. The molecule has 5 rings (SSSR count). The Labute approximate surface area is 204 Å². The molecule has 184 valence electrons. The maximum absolute atomic E-state index is 13.4. The van der Waals surface area contributed by atoms with E-state index in [0.717, 1.165) is 48.9 Å². The fourth-order valence-electron chi connectivity index (χ4n) is 5.51. The van der Waals surface area contributed by atoms with Crippen LogP contribution in [0.5, 0.6) is 0 Å². The lowest BCUT2D eigenvalue weighted by Gasteiger charge is -2.46. The smallest absolute Gasteiger partial charge is 0.414 e. The third kappa shape index (κ3) is 4.57. The molecule has 1 aliphatic heterocycles. The minimum atomic E-state index is -1.23. The molecule has 2 saturated carbocycles. The second-order valence-electron chi connectivity index (χ2n) is 9.58. The standard InChI is InChI=1S/C27H30N2O6/c1-17(25(30)31)35-27(33)28(19-14-15-19)24-20-10-5-6-12-22(20)29(23-13-7-11-21(23)24)26(32)34-16-18-8-3-2-4-9-18/h2-6,8-10,12,17,19,21,23-24H,7,11,13-16H2,1H3,(H,30,31). The van der Waals surface area contributed by atoms with Crippen LogP contribution >= 0.6 is 0 Å². The van der Waals surface area contributed by atoms with Crippen molar-refractivity contribution in [2.24, 2.45) is 5.92 Å². The van der Waals surface area contributed by atoms with Crippen molar-refractivity contribution < 1.29 is 29.0 Å². The van der Waals surface area contributed by atoms with Crippen molar-refractivity contribution in [3.05, 3.63) is 65.7 Å². The number of amides is 2. The number of para-hydroxylation sites is 1. The highest BCUT2D eigenvalue weighted by Crippen LogP contribution is 2.52. The predicted octanol–water partition coefficient (Wildman–Crippen LogP) is 5.13. The Morgan fingerprint density at radius 2 is 1.74 bits per heavy atom. The van der Waals surface area contributed by atoms with Gasteiger partial charge in [-0.05, 0) is 49.8 Å². The molecule has 4 atom stereocenters. The summed E-state index contributed by atoms with van der Waals surface area (Å²) in [5.41, 5.74) is 2.53. The van der Waals surface area contributed by atoms with Gasteiger partial charge in [-0.1, -0.05) is 55.0 Å². The van der Waals surface area contributed by atoms with Gasteiger partial charge < -0.3 is 14.6 Å². The molecule has 8 heteroatoms. The van der Waals surface area contributed by atoms with Gasteiger partial charge in [-0.3, -0.25) is 9.80 Å². The van der Waals surface area contributed by atoms with Gasteiger partial charge in [0.15, 0.2) is 6.10 Å². The molecule has 0 bridgehead atoms. The SMILES string of the molecule is CC(OC(=O)N(C1CC1)C1c2ccccc2N(C(=O)OCc2ccccc2)C2CCCC21)C(=O)O. The number of rotatable bonds is 6. The fraction of sp³-hybridized carbons (Fsp3) is 0.444. The molecule has 4 unspecified atom stereocenters. The molecular weight excluding hydrogens is 448 g/mol. The van der Waals surface area contributed by atoms with Gasteiger partial charge in [-0.15, -0.1) is 0 Å². The van der Waals surface area contributed by atoms with E-state index in [9.17, 15) is 19.5 Å². The number of aliphatic carboxylic acids is 1. The van der Waals surface area contributed by atoms with E-state index in [2.05, 4.69) is 0 Å². The number of nitrogens with zero attached hydrogens (tertiary/aromatic N) is 2. The van der Waals surface area contributed by atoms with Crippen LogP contribution in [0.15, 0.2) is 54.6 Å². The number of anilines is 1. The van der Waals surface area contributed by atoms with Gasteiger partial charge in [0.05, 0.1) is 11.7 Å². The van der Waals surface area contributed by atoms with Crippen molar-refractivity contribution in [2.45, 2.75) is 69.9 Å². The molecule has 8 nitrogen and oxygen atoms in total. The van der Waals surface area contributed by atoms with E-state index in [1.54, 1.807) is 9.80 Å². The number of carboxylic acid groups (broad SMARTS) is 1. The van der Waals surface area contributed by atoms with Crippen molar-refractivity contribution in [1.82, 2.24) is 4.90 Å². The van der Waals surface area contributed by atoms with E-state index in [1.165, 1.54) is 6.92 Å². The highest BCUT2D eigenvalue weighted by Gasteiger charge is 2.52. The average Bonchev–Trinajstić information content (AvgIpc) is 3.58. The highest BCUT2D eigenvalue weighted by molar-refractivity contribution is 5.91. The number of fused-ring (bicyclic) bond motifs is 2. The summed E-state index contributed by atoms with van der Waals surface area (Å²) in [4.78, 5) is 41.5. The lowest BCUT2D eigenvalue weighted by molar-refractivity contribution is -0.146. The van der Waals surface area contributed by atoms with E-state index in [0.29, 0.717) is 0 Å². The number of hydrogen-bond donors (Lipinski definition) is 1. The van der Waals surface area contributed by atoms with Crippen LogP contribution in [0.2, 0.25) is 0 Å². The van der Waals surface area contributed by atoms with Crippen LogP contribution in [0.3, 0.4) is 0 Å². The number of carboxylic acids is 1. The summed E-state index contributed by atoms with van der Waals surface area (Å²) in [5, 5.41) is 9.26. The second-order valence-corrected chi connectivity index (χ2v) is 9.58. The molecule has 0 spiro atoms. The molecular formula is C27H30N2O6. The van der Waals surface area contributed by atoms with Gasteiger partial charge in [0.1, 0.15) is 6.61 Å². The molecule has 1 N–H and O–H groups in total. The largest absolute Gasteiger partial charge is 0.479 e. The van der Waals surface area contributed by atoms with Crippen molar-refractivity contribution in [3.8, 4) is 0 Å². The van der Waals surface area contributed by atoms with Crippen LogP contribution in [-0.2, 0) is 20.9 Å². The maximum atomic E-state index is 13.4. The lowest BCUT2D eigenvalue weighted by atomic mass is 9.82. The Morgan fingerprint density at radius 3 is 2.46 bits per heavy atom. The van der Waals surface area contributed by atoms with Crippen molar-refractivity contribution in [2.75, 3.05) is 4.90 Å². The van der Waals surface area contributed by atoms with Crippen LogP contribution in [0.4, 0.5) is 15.3 Å². The monoisotopic (exact) mass is 478 g/mol. The van der Waals surface area contributed by atoms with Crippen molar-refractivity contribution in [1.29, 1.82) is 0 Å². The van der Waals surface area contributed by atoms with E-state index < -0.39 is 24.3 Å². The Morgan fingerprint density at radius 1 is 1.03 bits per heavy atom. The molecule has 2 aromatic rings. The zero-order chi connectivity index (χ0) is 24.5. The van der Waals surface area contributed by atoms with Gasteiger partial charge >= 0.3 is 18.2 Å². The summed E-state index contributed by atoms with van der Waals surface area (Å²) in [6.07, 6.45) is 2.09. The van der Waals surface area contributed by atoms with E-state index in [-0.39, 0.29) is 30.7 Å². The zero-order valence-electron chi connectivity index (χ0n) is 19.7. The number of carbonyl (C=O) groups is 3. The first-order chi connectivity index (χ1) is 17.0. The van der Waals surface area contributed by atoms with Crippen LogP contribution in [0.25, 0.3) is 0 Å². The van der Waals surface area contributed by atoms with Crippen LogP contribution in [0.1, 0.15) is 56.2 Å². The topological polar surface area (TPSA) is 96.4 Å². The zero-order valence-corrected chi connectivity index (χ0v) is 19.7. The first-order valence-corrected chi connectivity index (χ1v) is 12.3. The van der Waals surface area contributed by atoms with Crippen molar-refractivity contribution >= 4 is 23.8 Å². The van der Waals surface area contributed by atoms with Gasteiger partial charge in [0.25, 0.3) is 0 Å². The fourth-order valence-corrected chi connectivity index (χ4v) is 5.51. The first-order valence-electron chi connectivity index (χ1n) is 12.3. The number of hydrogen-bond acceptors (Lipinski definition) is 5. The molecule has 1 heterocycles. The first kappa shape index (κ1) is 23.2. The third-order valence-electron chi connectivity index (χ3n) is 7.26. The Hall–Kier alpha value is -3.55. The second kappa shape index (κ2) is 9.60. The minimum Gasteiger partial charge on any atom is -0.479 e. The summed E-state index contributed by atoms with van der Waals surface area (Å²) in [7, 11) is 0. The molecule has 2 aromatic carbocycles. The van der Waals surface area contributed by atoms with Crippen LogP contribution in [-0.4, -0.2) is 46.3 Å². The normalized spacial score (nSPS) is 23.6. The molecule has 2 fully saturated rings. The van der Waals surface area contributed by atoms with Crippen molar-refractivity contribution in [3.63, 3.8) is 0 Å².